The molecule has 1 rings (SSSR count). The molecule has 0 saturated heterocycles. The molecule has 0 aliphatic heterocycles. The summed E-state index contributed by atoms with van der Waals surface area (Å²) < 4.78 is 10.8. The lowest BCUT2D eigenvalue weighted by Crippen LogP contribution is -2.19. The first-order valence-electron chi connectivity index (χ1n) is 4.76. The van der Waals surface area contributed by atoms with Gasteiger partial charge in [-0.3, -0.25) is 4.79 Å². The lowest BCUT2D eigenvalue weighted by molar-refractivity contribution is -0.168. The molecular formula is C12H13BrO3. The van der Waals surface area contributed by atoms with Crippen LogP contribution in [0, 0.1) is 0 Å². The van der Waals surface area contributed by atoms with Gasteiger partial charge in [0.05, 0.1) is 11.1 Å². The minimum Gasteiger partial charge on any atom is -0.431 e. The zero-order chi connectivity index (χ0) is 12.0. The predicted molar refractivity (Wildman–Crippen MR) is 64.9 cm³/mol. The van der Waals surface area contributed by atoms with Gasteiger partial charge >= 0.3 is 5.97 Å². The summed E-state index contributed by atoms with van der Waals surface area (Å²) in [6.07, 6.45) is -0.752. The molecule has 0 radical (unpaired) electrons. The van der Waals surface area contributed by atoms with Crippen LogP contribution < -0.4 is 0 Å². The van der Waals surface area contributed by atoms with E-state index in [-0.39, 0.29) is 0 Å². The van der Waals surface area contributed by atoms with Crippen molar-refractivity contribution in [2.24, 2.45) is 0 Å². The second kappa shape index (κ2) is 6.45. The monoisotopic (exact) mass is 284 g/mol. The van der Waals surface area contributed by atoms with E-state index in [4.69, 9.17) is 9.47 Å². The predicted octanol–water partition coefficient (Wildman–Crippen LogP) is 3.00. The lowest BCUT2D eigenvalue weighted by atomic mass is 10.2. The van der Waals surface area contributed by atoms with Crippen molar-refractivity contribution in [3.05, 3.63) is 47.0 Å². The molecule has 0 aliphatic rings. The van der Waals surface area contributed by atoms with Gasteiger partial charge in [0.1, 0.15) is 0 Å². The fraction of sp³-hybridized carbons (Fsp3) is 0.250. The van der Waals surface area contributed by atoms with Gasteiger partial charge in [-0.2, -0.15) is 0 Å². The first kappa shape index (κ1) is 12.9. The van der Waals surface area contributed by atoms with Gasteiger partial charge in [0.25, 0.3) is 0 Å². The van der Waals surface area contributed by atoms with Gasteiger partial charge in [0, 0.05) is 6.92 Å². The highest BCUT2D eigenvalue weighted by molar-refractivity contribution is 9.11. The van der Waals surface area contributed by atoms with E-state index >= 15 is 0 Å². The second-order valence-electron chi connectivity index (χ2n) is 3.18. The van der Waals surface area contributed by atoms with E-state index < -0.39 is 12.3 Å². The lowest BCUT2D eigenvalue weighted by Gasteiger charge is -2.16. The maximum Gasteiger partial charge on any atom is 0.305 e. The molecule has 0 aromatic heterocycles. The molecule has 1 aromatic carbocycles. The standard InChI is InChI=1S/C12H13BrO3/c1-9(13)12(16-10(2)14)15-8-11-6-4-3-5-7-11/h3-7,12H,1,8H2,2H3. The average molecular weight is 285 g/mol. The molecule has 4 heteroatoms. The van der Waals surface area contributed by atoms with Crippen molar-refractivity contribution < 1.29 is 14.3 Å². The summed E-state index contributed by atoms with van der Waals surface area (Å²) in [7, 11) is 0. The number of carbonyl (C=O) groups excluding carboxylic acids is 1. The van der Waals surface area contributed by atoms with Gasteiger partial charge < -0.3 is 9.47 Å². The van der Waals surface area contributed by atoms with E-state index in [0.717, 1.165) is 5.56 Å². The van der Waals surface area contributed by atoms with Crippen molar-refractivity contribution in [3.8, 4) is 0 Å². The summed E-state index contributed by atoms with van der Waals surface area (Å²) in [6.45, 7) is 5.33. The number of hydrogen-bond donors (Lipinski definition) is 0. The van der Waals surface area contributed by atoms with Gasteiger partial charge in [0.15, 0.2) is 0 Å². The van der Waals surface area contributed by atoms with Gasteiger partial charge in [0.2, 0.25) is 6.29 Å². The summed E-state index contributed by atoms with van der Waals surface area (Å²) in [4.78, 5) is 10.8. The first-order valence-corrected chi connectivity index (χ1v) is 5.56. The van der Waals surface area contributed by atoms with Gasteiger partial charge in [-0.15, -0.1) is 0 Å². The van der Waals surface area contributed by atoms with Crippen LogP contribution in [-0.4, -0.2) is 12.3 Å². The number of ether oxygens (including phenoxy) is 2. The fourth-order valence-electron chi connectivity index (χ4n) is 1.09. The van der Waals surface area contributed by atoms with Crippen LogP contribution in [0.25, 0.3) is 0 Å². The Morgan fingerprint density at radius 2 is 2.06 bits per heavy atom. The Morgan fingerprint density at radius 1 is 1.44 bits per heavy atom. The molecule has 1 atom stereocenters. The van der Waals surface area contributed by atoms with Crippen LogP contribution in [0.1, 0.15) is 12.5 Å². The SMILES string of the molecule is C=C(Br)C(OCc1ccccc1)OC(C)=O. The van der Waals surface area contributed by atoms with Crippen LogP contribution in [0.2, 0.25) is 0 Å². The number of rotatable bonds is 5. The van der Waals surface area contributed by atoms with E-state index in [0.29, 0.717) is 11.1 Å². The van der Waals surface area contributed by atoms with Crippen LogP contribution in [0.15, 0.2) is 41.4 Å². The van der Waals surface area contributed by atoms with E-state index in [9.17, 15) is 4.79 Å². The second-order valence-corrected chi connectivity index (χ2v) is 4.20. The van der Waals surface area contributed by atoms with Gasteiger partial charge in [-0.1, -0.05) is 36.9 Å². The molecular weight excluding hydrogens is 272 g/mol. The van der Waals surface area contributed by atoms with Gasteiger partial charge in [-0.25, -0.2) is 0 Å². The summed E-state index contributed by atoms with van der Waals surface area (Å²) >= 11 is 3.15. The number of benzene rings is 1. The number of hydrogen-bond acceptors (Lipinski definition) is 3. The van der Waals surface area contributed by atoms with Crippen LogP contribution in [0.3, 0.4) is 0 Å². The van der Waals surface area contributed by atoms with Crippen LogP contribution in [-0.2, 0) is 20.9 Å². The topological polar surface area (TPSA) is 35.5 Å². The van der Waals surface area contributed by atoms with Gasteiger partial charge in [-0.05, 0) is 21.5 Å². The molecule has 0 fully saturated rings. The Bertz CT molecular complexity index is 362. The molecule has 0 N–H and O–H groups in total. The van der Waals surface area contributed by atoms with Crippen molar-refractivity contribution in [1.82, 2.24) is 0 Å². The van der Waals surface area contributed by atoms with E-state index in [1.165, 1.54) is 6.92 Å². The molecule has 0 heterocycles. The average Bonchev–Trinajstić information content (AvgIpc) is 2.25. The normalized spacial score (nSPS) is 11.9. The summed E-state index contributed by atoms with van der Waals surface area (Å²) in [5, 5.41) is 0. The number of esters is 1. The van der Waals surface area contributed by atoms with E-state index in [2.05, 4.69) is 22.5 Å². The summed E-state index contributed by atoms with van der Waals surface area (Å²) in [6, 6.07) is 9.63. The van der Waals surface area contributed by atoms with Crippen LogP contribution >= 0.6 is 15.9 Å². The highest BCUT2D eigenvalue weighted by Gasteiger charge is 2.14. The number of halogens is 1. The largest absolute Gasteiger partial charge is 0.431 e. The van der Waals surface area contributed by atoms with Crippen molar-refractivity contribution in [1.29, 1.82) is 0 Å². The molecule has 0 saturated carbocycles. The maximum atomic E-state index is 10.8. The third-order valence-electron chi connectivity index (χ3n) is 1.77. The van der Waals surface area contributed by atoms with Crippen molar-refractivity contribution >= 4 is 21.9 Å². The molecule has 0 spiro atoms. The quantitative estimate of drug-likeness (QED) is 0.616. The Labute approximate surface area is 103 Å². The molecule has 1 aromatic rings. The molecule has 0 aliphatic carbocycles. The Hall–Kier alpha value is -1.13. The molecule has 86 valence electrons. The summed E-state index contributed by atoms with van der Waals surface area (Å²) in [5.74, 6) is -0.404. The third kappa shape index (κ3) is 4.59. The summed E-state index contributed by atoms with van der Waals surface area (Å²) in [5.41, 5.74) is 1.01. The van der Waals surface area contributed by atoms with Crippen molar-refractivity contribution in [3.63, 3.8) is 0 Å². The van der Waals surface area contributed by atoms with E-state index in [1.54, 1.807) is 0 Å². The van der Waals surface area contributed by atoms with Crippen molar-refractivity contribution in [2.75, 3.05) is 0 Å². The Kier molecular flexibility index (Phi) is 5.22. The zero-order valence-corrected chi connectivity index (χ0v) is 10.6. The highest BCUT2D eigenvalue weighted by atomic mass is 79.9. The van der Waals surface area contributed by atoms with Crippen LogP contribution in [0.5, 0.6) is 0 Å². The molecule has 0 bridgehead atoms. The number of carbonyl (C=O) groups is 1. The molecule has 0 amide bonds. The molecule has 3 nitrogen and oxygen atoms in total. The fourth-order valence-corrected chi connectivity index (χ4v) is 1.31. The minimum atomic E-state index is -0.752. The highest BCUT2D eigenvalue weighted by Crippen LogP contribution is 2.15. The first-order chi connectivity index (χ1) is 7.59. The van der Waals surface area contributed by atoms with E-state index in [1.807, 2.05) is 30.3 Å². The van der Waals surface area contributed by atoms with Crippen molar-refractivity contribution in [2.45, 2.75) is 19.8 Å². The van der Waals surface area contributed by atoms with Crippen LogP contribution in [0.4, 0.5) is 0 Å². The third-order valence-corrected chi connectivity index (χ3v) is 2.15. The Balaban J connectivity index is 2.50. The molecule has 1 unspecified atom stereocenters. The molecule has 16 heavy (non-hydrogen) atoms. The zero-order valence-electron chi connectivity index (χ0n) is 8.98. The smallest absolute Gasteiger partial charge is 0.305 e. The maximum absolute atomic E-state index is 10.8. The Morgan fingerprint density at radius 3 is 2.56 bits per heavy atom. The minimum absolute atomic E-state index is 0.364.